The van der Waals surface area contributed by atoms with Gasteiger partial charge in [-0.05, 0) is 48.7 Å². The van der Waals surface area contributed by atoms with Crippen molar-refractivity contribution in [2.45, 2.75) is 25.3 Å². The molecule has 0 radical (unpaired) electrons. The van der Waals surface area contributed by atoms with Gasteiger partial charge in [0.05, 0.1) is 11.0 Å². The first-order valence-electron chi connectivity index (χ1n) is 7.86. The summed E-state index contributed by atoms with van der Waals surface area (Å²) in [6.45, 7) is 0.495. The van der Waals surface area contributed by atoms with Crippen LogP contribution in [0.2, 0.25) is 0 Å². The van der Waals surface area contributed by atoms with Crippen LogP contribution < -0.4 is 5.32 Å². The molecule has 0 spiro atoms. The summed E-state index contributed by atoms with van der Waals surface area (Å²) in [7, 11) is 2.05. The number of carbonyl (C=O) groups excluding carboxylic acids is 1. The fraction of sp³-hybridized carbons (Fsp3) is 0.278. The second-order valence-corrected chi connectivity index (χ2v) is 6.04. The Labute approximate surface area is 134 Å². The number of pyridine rings is 1. The summed E-state index contributed by atoms with van der Waals surface area (Å²) in [5, 5.41) is 2.94. The second kappa shape index (κ2) is 5.50. The van der Waals surface area contributed by atoms with Gasteiger partial charge in [0.1, 0.15) is 5.82 Å². The molecule has 1 aromatic carbocycles. The first kappa shape index (κ1) is 13.9. The van der Waals surface area contributed by atoms with Crippen molar-refractivity contribution < 1.29 is 4.79 Å². The number of amides is 1. The Hall–Kier alpha value is -2.69. The molecule has 4 rings (SSSR count). The maximum atomic E-state index is 12.3. The van der Waals surface area contributed by atoms with Crippen LogP contribution in [0, 0.1) is 0 Å². The van der Waals surface area contributed by atoms with Gasteiger partial charge in [-0.25, -0.2) is 4.98 Å². The Balaban J connectivity index is 1.55. The number of hydrogen-bond donors (Lipinski definition) is 1. The molecular formula is C18H18N4O. The van der Waals surface area contributed by atoms with Crippen molar-refractivity contribution in [1.29, 1.82) is 0 Å². The lowest BCUT2D eigenvalue weighted by Gasteiger charge is -2.05. The fourth-order valence-electron chi connectivity index (χ4n) is 2.85. The summed E-state index contributed by atoms with van der Waals surface area (Å²) in [6, 6.07) is 9.51. The van der Waals surface area contributed by atoms with Crippen LogP contribution in [0.25, 0.3) is 11.0 Å². The van der Waals surface area contributed by atoms with E-state index in [1.54, 1.807) is 12.4 Å². The SMILES string of the molecule is Cn1c(C2CC2)nc2cc(C(=O)NCc3ccncc3)ccc21. The molecule has 2 heterocycles. The normalized spacial score (nSPS) is 14.1. The zero-order valence-corrected chi connectivity index (χ0v) is 13.0. The van der Waals surface area contributed by atoms with Crippen molar-refractivity contribution in [2.75, 3.05) is 0 Å². The van der Waals surface area contributed by atoms with Crippen LogP contribution in [-0.4, -0.2) is 20.4 Å². The molecule has 116 valence electrons. The van der Waals surface area contributed by atoms with Gasteiger partial charge in [-0.3, -0.25) is 9.78 Å². The molecule has 0 bridgehead atoms. The lowest BCUT2D eigenvalue weighted by molar-refractivity contribution is 0.0951. The average Bonchev–Trinajstić information content (AvgIpc) is 3.38. The minimum Gasteiger partial charge on any atom is -0.348 e. The van der Waals surface area contributed by atoms with Crippen molar-refractivity contribution >= 4 is 16.9 Å². The highest BCUT2D eigenvalue weighted by molar-refractivity contribution is 5.97. The third-order valence-electron chi connectivity index (χ3n) is 4.32. The first-order valence-corrected chi connectivity index (χ1v) is 7.86. The highest BCUT2D eigenvalue weighted by Crippen LogP contribution is 2.40. The third-order valence-corrected chi connectivity index (χ3v) is 4.32. The number of nitrogens with zero attached hydrogens (tertiary/aromatic N) is 3. The Bertz CT molecular complexity index is 865. The van der Waals surface area contributed by atoms with Crippen LogP contribution in [0.1, 0.15) is 40.5 Å². The van der Waals surface area contributed by atoms with Crippen LogP contribution in [0.5, 0.6) is 0 Å². The lowest BCUT2D eigenvalue weighted by atomic mass is 10.2. The number of hydrogen-bond acceptors (Lipinski definition) is 3. The van der Waals surface area contributed by atoms with E-state index < -0.39 is 0 Å². The number of fused-ring (bicyclic) bond motifs is 1. The standard InChI is InChI=1S/C18H18N4O/c1-22-16-5-4-14(10-15(16)21-17(22)13-2-3-13)18(23)20-11-12-6-8-19-9-7-12/h4-10,13H,2-3,11H2,1H3,(H,20,23). The molecule has 0 saturated heterocycles. The van der Waals surface area contributed by atoms with Crippen molar-refractivity contribution in [3.05, 3.63) is 59.7 Å². The van der Waals surface area contributed by atoms with Gasteiger partial charge in [0.15, 0.2) is 0 Å². The maximum Gasteiger partial charge on any atom is 0.251 e. The molecule has 0 aliphatic heterocycles. The van der Waals surface area contributed by atoms with Crippen molar-refractivity contribution in [3.8, 4) is 0 Å². The molecule has 3 aromatic rings. The molecule has 1 saturated carbocycles. The second-order valence-electron chi connectivity index (χ2n) is 6.04. The Kier molecular flexibility index (Phi) is 3.33. The lowest BCUT2D eigenvalue weighted by Crippen LogP contribution is -2.22. The first-order chi connectivity index (χ1) is 11.2. The molecule has 1 aliphatic carbocycles. The average molecular weight is 306 g/mol. The van der Waals surface area contributed by atoms with E-state index in [1.807, 2.05) is 37.4 Å². The number of imidazole rings is 1. The van der Waals surface area contributed by atoms with E-state index in [1.165, 1.54) is 12.8 Å². The van der Waals surface area contributed by atoms with E-state index in [9.17, 15) is 4.79 Å². The van der Waals surface area contributed by atoms with E-state index >= 15 is 0 Å². The van der Waals surface area contributed by atoms with Crippen LogP contribution in [0.3, 0.4) is 0 Å². The number of aromatic nitrogens is 3. The van der Waals surface area contributed by atoms with Gasteiger partial charge in [-0.15, -0.1) is 0 Å². The smallest absolute Gasteiger partial charge is 0.251 e. The molecule has 1 amide bonds. The van der Waals surface area contributed by atoms with Crippen LogP contribution in [-0.2, 0) is 13.6 Å². The molecule has 5 heteroatoms. The van der Waals surface area contributed by atoms with Crippen LogP contribution >= 0.6 is 0 Å². The van der Waals surface area contributed by atoms with E-state index in [-0.39, 0.29) is 5.91 Å². The summed E-state index contributed by atoms with van der Waals surface area (Å²) < 4.78 is 2.14. The predicted molar refractivity (Wildman–Crippen MR) is 88.1 cm³/mol. The number of rotatable bonds is 4. The quantitative estimate of drug-likeness (QED) is 0.806. The van der Waals surface area contributed by atoms with Crippen LogP contribution in [0.4, 0.5) is 0 Å². The minimum absolute atomic E-state index is 0.0812. The molecule has 1 N–H and O–H groups in total. The molecule has 23 heavy (non-hydrogen) atoms. The Morgan fingerprint density at radius 1 is 1.26 bits per heavy atom. The number of aryl methyl sites for hydroxylation is 1. The highest BCUT2D eigenvalue weighted by Gasteiger charge is 2.28. The molecule has 2 aromatic heterocycles. The van der Waals surface area contributed by atoms with Gasteiger partial charge >= 0.3 is 0 Å². The summed E-state index contributed by atoms with van der Waals surface area (Å²) in [5.74, 6) is 1.65. The topological polar surface area (TPSA) is 59.8 Å². The van der Waals surface area contributed by atoms with E-state index in [2.05, 4.69) is 14.9 Å². The molecule has 0 atom stereocenters. The van der Waals surface area contributed by atoms with Gasteiger partial charge in [0.25, 0.3) is 5.91 Å². The summed E-state index contributed by atoms with van der Waals surface area (Å²) in [4.78, 5) is 21.0. The molecule has 5 nitrogen and oxygen atoms in total. The van der Waals surface area contributed by atoms with Gasteiger partial charge < -0.3 is 9.88 Å². The minimum atomic E-state index is -0.0812. The zero-order chi connectivity index (χ0) is 15.8. The molecule has 1 fully saturated rings. The third kappa shape index (κ3) is 2.70. The predicted octanol–water partition coefficient (Wildman–Crippen LogP) is 2.78. The summed E-state index contributed by atoms with van der Waals surface area (Å²) >= 11 is 0. The van der Waals surface area contributed by atoms with Crippen molar-refractivity contribution in [2.24, 2.45) is 7.05 Å². The van der Waals surface area contributed by atoms with E-state index in [0.717, 1.165) is 22.4 Å². The number of benzene rings is 1. The van der Waals surface area contributed by atoms with Gasteiger partial charge in [0, 0.05) is 37.5 Å². The largest absolute Gasteiger partial charge is 0.348 e. The van der Waals surface area contributed by atoms with E-state index in [0.29, 0.717) is 18.0 Å². The summed E-state index contributed by atoms with van der Waals surface area (Å²) in [5.41, 5.74) is 3.65. The highest BCUT2D eigenvalue weighted by atomic mass is 16.1. The number of carbonyl (C=O) groups is 1. The van der Waals surface area contributed by atoms with Gasteiger partial charge in [0.2, 0.25) is 0 Å². The molecular weight excluding hydrogens is 288 g/mol. The Morgan fingerprint density at radius 3 is 2.78 bits per heavy atom. The summed E-state index contributed by atoms with van der Waals surface area (Å²) in [6.07, 6.45) is 5.88. The molecule has 1 aliphatic rings. The Morgan fingerprint density at radius 2 is 2.04 bits per heavy atom. The van der Waals surface area contributed by atoms with Gasteiger partial charge in [-0.1, -0.05) is 0 Å². The van der Waals surface area contributed by atoms with Crippen molar-refractivity contribution in [1.82, 2.24) is 19.9 Å². The zero-order valence-electron chi connectivity index (χ0n) is 13.0. The van der Waals surface area contributed by atoms with Crippen molar-refractivity contribution in [3.63, 3.8) is 0 Å². The van der Waals surface area contributed by atoms with Gasteiger partial charge in [-0.2, -0.15) is 0 Å². The number of nitrogens with one attached hydrogen (secondary N) is 1. The molecule has 0 unspecified atom stereocenters. The monoisotopic (exact) mass is 306 g/mol. The fourth-order valence-corrected chi connectivity index (χ4v) is 2.85. The maximum absolute atomic E-state index is 12.3. The van der Waals surface area contributed by atoms with E-state index in [4.69, 9.17) is 4.98 Å². The van der Waals surface area contributed by atoms with Crippen LogP contribution in [0.15, 0.2) is 42.7 Å².